The number of anilines is 1. The zero-order valence-corrected chi connectivity index (χ0v) is 18.1. The van der Waals surface area contributed by atoms with Crippen LogP contribution < -0.4 is 15.8 Å². The molecule has 3 aromatic rings. The molecule has 7 nitrogen and oxygen atoms in total. The van der Waals surface area contributed by atoms with Gasteiger partial charge in [-0.25, -0.2) is 4.39 Å². The second-order valence-corrected chi connectivity index (χ2v) is 7.83. The molecule has 1 heterocycles. The van der Waals surface area contributed by atoms with E-state index in [0.29, 0.717) is 41.5 Å². The summed E-state index contributed by atoms with van der Waals surface area (Å²) in [6.45, 7) is 1.02. The van der Waals surface area contributed by atoms with Crippen LogP contribution in [0.5, 0.6) is 5.75 Å². The maximum Gasteiger partial charge on any atom is 0.241 e. The van der Waals surface area contributed by atoms with Gasteiger partial charge in [-0.1, -0.05) is 23.7 Å². The van der Waals surface area contributed by atoms with Crippen molar-refractivity contribution in [3.63, 3.8) is 0 Å². The van der Waals surface area contributed by atoms with Crippen molar-refractivity contribution in [3.05, 3.63) is 65.2 Å². The fourth-order valence-electron chi connectivity index (χ4n) is 2.92. The number of nitrogens with one attached hydrogen (secondary N) is 2. The number of nitrogens with zero attached hydrogens (tertiary/aromatic N) is 2. The minimum Gasteiger partial charge on any atom is -0.490 e. The first kappa shape index (κ1) is 22.7. The molecule has 31 heavy (non-hydrogen) atoms. The molecule has 0 bridgehead atoms. The smallest absolute Gasteiger partial charge is 0.241 e. The van der Waals surface area contributed by atoms with Crippen LogP contribution >= 0.6 is 11.6 Å². The van der Waals surface area contributed by atoms with E-state index in [9.17, 15) is 9.18 Å². The van der Waals surface area contributed by atoms with Crippen molar-refractivity contribution in [2.45, 2.75) is 12.5 Å². The van der Waals surface area contributed by atoms with Crippen molar-refractivity contribution in [3.8, 4) is 16.9 Å². The van der Waals surface area contributed by atoms with Crippen LogP contribution in [-0.2, 0) is 11.2 Å². The highest BCUT2D eigenvalue weighted by atomic mass is 35.5. The summed E-state index contributed by atoms with van der Waals surface area (Å²) in [5.74, 6) is -0.600. The summed E-state index contributed by atoms with van der Waals surface area (Å²) >= 11 is 5.89. The van der Waals surface area contributed by atoms with E-state index in [-0.39, 0.29) is 5.69 Å². The summed E-state index contributed by atoms with van der Waals surface area (Å²) in [4.78, 5) is 14.6. The van der Waals surface area contributed by atoms with E-state index >= 15 is 0 Å². The number of hydrogen-bond donors (Lipinski definition) is 3. The lowest BCUT2D eigenvalue weighted by atomic mass is 10.1. The second kappa shape index (κ2) is 10.4. The lowest BCUT2D eigenvalue weighted by Gasteiger charge is -2.18. The van der Waals surface area contributed by atoms with E-state index in [4.69, 9.17) is 22.1 Å². The van der Waals surface area contributed by atoms with E-state index < -0.39 is 17.8 Å². The average Bonchev–Trinajstić information content (AvgIpc) is 3.25. The Morgan fingerprint density at radius 2 is 2.06 bits per heavy atom. The standard InChI is InChI=1S/C22H25ClFN5O2/c1-29(2)7-8-31-21-10-17(15-12-26-27-13-15)18(24)11-20(21)28-22(30)19(25)9-14-3-5-16(23)6-4-14/h3-6,10-13,19H,7-9,25H2,1-2H3,(H,26,27)(H,28,30)/t19-/m0/s1. The largest absolute Gasteiger partial charge is 0.490 e. The van der Waals surface area contributed by atoms with Crippen molar-refractivity contribution < 1.29 is 13.9 Å². The van der Waals surface area contributed by atoms with Crippen LogP contribution in [0.3, 0.4) is 0 Å². The van der Waals surface area contributed by atoms with Crippen molar-refractivity contribution in [1.29, 1.82) is 0 Å². The Balaban J connectivity index is 1.79. The van der Waals surface area contributed by atoms with Crippen LogP contribution in [0.25, 0.3) is 11.1 Å². The number of nitrogens with two attached hydrogens (primary N) is 1. The van der Waals surface area contributed by atoms with Crippen LogP contribution in [0.15, 0.2) is 48.8 Å². The minimum atomic E-state index is -0.826. The molecule has 0 aliphatic rings. The predicted octanol–water partition coefficient (Wildman–Crippen LogP) is 3.32. The quantitative estimate of drug-likeness (QED) is 0.469. The summed E-state index contributed by atoms with van der Waals surface area (Å²) in [5, 5.41) is 9.83. The number of carbonyl (C=O) groups excluding carboxylic acids is 1. The van der Waals surface area contributed by atoms with Crippen molar-refractivity contribution in [1.82, 2.24) is 15.1 Å². The van der Waals surface area contributed by atoms with Gasteiger partial charge in [-0.2, -0.15) is 5.10 Å². The number of carbonyl (C=O) groups is 1. The molecule has 0 saturated heterocycles. The van der Waals surface area contributed by atoms with Gasteiger partial charge in [0.15, 0.2) is 0 Å². The van der Waals surface area contributed by atoms with Gasteiger partial charge in [0.2, 0.25) is 5.91 Å². The van der Waals surface area contributed by atoms with Crippen LogP contribution in [0.4, 0.5) is 10.1 Å². The number of aromatic nitrogens is 2. The SMILES string of the molecule is CN(C)CCOc1cc(-c2cn[nH]c2)c(F)cc1NC(=O)[C@@H](N)Cc1ccc(Cl)cc1. The highest BCUT2D eigenvalue weighted by Crippen LogP contribution is 2.33. The molecule has 3 rings (SSSR count). The first-order valence-electron chi connectivity index (χ1n) is 9.74. The molecular formula is C22H25ClFN5O2. The molecule has 1 atom stereocenters. The Labute approximate surface area is 185 Å². The Bertz CT molecular complexity index is 1010. The second-order valence-electron chi connectivity index (χ2n) is 7.39. The lowest BCUT2D eigenvalue weighted by Crippen LogP contribution is -2.37. The number of H-pyrrole nitrogens is 1. The van der Waals surface area contributed by atoms with E-state index in [1.165, 1.54) is 12.3 Å². The van der Waals surface area contributed by atoms with E-state index in [0.717, 1.165) is 5.56 Å². The number of benzene rings is 2. The monoisotopic (exact) mass is 445 g/mol. The van der Waals surface area contributed by atoms with Gasteiger partial charge in [0.25, 0.3) is 0 Å². The van der Waals surface area contributed by atoms with E-state index in [1.54, 1.807) is 24.4 Å². The van der Waals surface area contributed by atoms with Gasteiger partial charge in [0.1, 0.15) is 18.2 Å². The lowest BCUT2D eigenvalue weighted by molar-refractivity contribution is -0.117. The number of halogens is 2. The molecule has 1 aromatic heterocycles. The summed E-state index contributed by atoms with van der Waals surface area (Å²) in [6.07, 6.45) is 3.42. The number of rotatable bonds is 9. The molecule has 9 heteroatoms. The van der Waals surface area contributed by atoms with Crippen molar-refractivity contribution >= 4 is 23.2 Å². The molecule has 164 valence electrons. The zero-order chi connectivity index (χ0) is 22.4. The molecular weight excluding hydrogens is 421 g/mol. The normalized spacial score (nSPS) is 12.1. The van der Waals surface area contributed by atoms with Crippen LogP contribution in [0, 0.1) is 5.82 Å². The van der Waals surface area contributed by atoms with Gasteiger partial charge in [0.05, 0.1) is 17.9 Å². The first-order chi connectivity index (χ1) is 14.8. The maximum absolute atomic E-state index is 14.8. The molecule has 0 aliphatic heterocycles. The third-order valence-corrected chi connectivity index (χ3v) is 4.89. The third kappa shape index (κ3) is 6.27. The number of hydrogen-bond acceptors (Lipinski definition) is 5. The average molecular weight is 446 g/mol. The summed E-state index contributed by atoms with van der Waals surface area (Å²) in [7, 11) is 3.84. The Hall–Kier alpha value is -2.94. The molecule has 0 aliphatic carbocycles. The highest BCUT2D eigenvalue weighted by Gasteiger charge is 2.19. The van der Waals surface area contributed by atoms with Crippen LogP contribution in [0.2, 0.25) is 5.02 Å². The van der Waals surface area contributed by atoms with Crippen molar-refractivity contribution in [2.24, 2.45) is 5.73 Å². The number of likely N-dealkylation sites (N-methyl/N-ethyl adjacent to an activating group) is 1. The van der Waals surface area contributed by atoms with Crippen molar-refractivity contribution in [2.75, 3.05) is 32.6 Å². The Morgan fingerprint density at radius 1 is 1.32 bits per heavy atom. The number of ether oxygens (including phenoxy) is 1. The summed E-state index contributed by atoms with van der Waals surface area (Å²) < 4.78 is 20.6. The highest BCUT2D eigenvalue weighted by molar-refractivity contribution is 6.30. The molecule has 0 fully saturated rings. The fourth-order valence-corrected chi connectivity index (χ4v) is 3.05. The van der Waals surface area contributed by atoms with E-state index in [2.05, 4.69) is 15.5 Å². The molecule has 0 radical (unpaired) electrons. The Morgan fingerprint density at radius 3 is 2.71 bits per heavy atom. The molecule has 4 N–H and O–H groups in total. The summed E-state index contributed by atoms with van der Waals surface area (Å²) in [6, 6.07) is 9.06. The molecule has 1 amide bonds. The number of aromatic amines is 1. The molecule has 0 saturated carbocycles. The van der Waals surface area contributed by atoms with Gasteiger partial charge in [-0.3, -0.25) is 9.89 Å². The molecule has 0 unspecified atom stereocenters. The first-order valence-corrected chi connectivity index (χ1v) is 10.1. The number of amides is 1. The van der Waals surface area contributed by atoms with Gasteiger partial charge in [-0.05, 0) is 44.3 Å². The predicted molar refractivity (Wildman–Crippen MR) is 120 cm³/mol. The third-order valence-electron chi connectivity index (χ3n) is 4.64. The molecule has 0 spiro atoms. The van der Waals surface area contributed by atoms with Gasteiger partial charge >= 0.3 is 0 Å². The maximum atomic E-state index is 14.8. The van der Waals surface area contributed by atoms with Gasteiger partial charge < -0.3 is 20.7 Å². The topological polar surface area (TPSA) is 96.3 Å². The summed E-state index contributed by atoms with van der Waals surface area (Å²) in [5.41, 5.74) is 8.06. The van der Waals surface area contributed by atoms with E-state index in [1.807, 2.05) is 31.1 Å². The van der Waals surface area contributed by atoms with Gasteiger partial charge in [0, 0.05) is 35.0 Å². The molecule has 2 aromatic carbocycles. The van der Waals surface area contributed by atoms with Gasteiger partial charge in [-0.15, -0.1) is 0 Å². The fraction of sp³-hybridized carbons (Fsp3) is 0.273. The van der Waals surface area contributed by atoms with Crippen LogP contribution in [-0.4, -0.2) is 54.3 Å². The minimum absolute atomic E-state index is 0.222. The van der Waals surface area contributed by atoms with Crippen LogP contribution in [0.1, 0.15) is 5.56 Å². The Kier molecular flexibility index (Phi) is 7.62. The zero-order valence-electron chi connectivity index (χ0n) is 17.4.